The summed E-state index contributed by atoms with van der Waals surface area (Å²) in [5.74, 6) is -1.19. The molecule has 1 heterocycles. The molecule has 0 bridgehead atoms. The molecular formula is C20H22ClN3O6S. The first-order valence-corrected chi connectivity index (χ1v) is 11.2. The maximum absolute atomic E-state index is 12.9. The number of carbonyl (C=O) groups is 2. The fraction of sp³-hybridized carbons (Fsp3) is 0.300. The maximum Gasteiger partial charge on any atom is 0.309 e. The summed E-state index contributed by atoms with van der Waals surface area (Å²) in [6, 6.07) is 12.8. The van der Waals surface area contributed by atoms with E-state index in [1.807, 2.05) is 0 Å². The Morgan fingerprint density at radius 3 is 2.39 bits per heavy atom. The Morgan fingerprint density at radius 2 is 1.74 bits per heavy atom. The Kier molecular flexibility index (Phi) is 7.50. The molecule has 1 aliphatic heterocycles. The molecule has 0 aliphatic carbocycles. The molecule has 2 N–H and O–H groups in total. The van der Waals surface area contributed by atoms with Gasteiger partial charge in [-0.15, -0.1) is 0 Å². The monoisotopic (exact) mass is 467 g/mol. The van der Waals surface area contributed by atoms with E-state index in [-0.39, 0.29) is 31.1 Å². The fourth-order valence-corrected chi connectivity index (χ4v) is 4.59. The molecule has 2 aromatic carbocycles. The third kappa shape index (κ3) is 5.73. The van der Waals surface area contributed by atoms with Crippen LogP contribution in [0.4, 0.5) is 0 Å². The second kappa shape index (κ2) is 10.1. The first-order valence-electron chi connectivity index (χ1n) is 9.39. The predicted octanol–water partition coefficient (Wildman–Crippen LogP) is 1.13. The molecule has 166 valence electrons. The minimum absolute atomic E-state index is 0.0795. The van der Waals surface area contributed by atoms with Gasteiger partial charge < -0.3 is 20.1 Å². The Balaban J connectivity index is 1.55. The number of sulfonamides is 1. The number of ether oxygens (including phenoxy) is 2. The molecule has 1 aliphatic rings. The van der Waals surface area contributed by atoms with Crippen molar-refractivity contribution in [3.63, 3.8) is 0 Å². The highest BCUT2D eigenvalue weighted by Gasteiger charge is 2.36. The molecular weight excluding hydrogens is 446 g/mol. The van der Waals surface area contributed by atoms with E-state index in [0.717, 1.165) is 9.87 Å². The van der Waals surface area contributed by atoms with Crippen LogP contribution in [0.2, 0.25) is 5.02 Å². The third-order valence-electron chi connectivity index (χ3n) is 4.62. The average molecular weight is 468 g/mol. The van der Waals surface area contributed by atoms with Gasteiger partial charge in [-0.3, -0.25) is 9.59 Å². The molecule has 2 amide bonds. The van der Waals surface area contributed by atoms with E-state index in [9.17, 15) is 18.0 Å². The highest BCUT2D eigenvalue weighted by Crippen LogP contribution is 2.23. The van der Waals surface area contributed by atoms with E-state index in [4.69, 9.17) is 21.1 Å². The van der Waals surface area contributed by atoms with E-state index in [0.29, 0.717) is 10.8 Å². The van der Waals surface area contributed by atoms with Gasteiger partial charge in [0.25, 0.3) is 0 Å². The zero-order valence-electron chi connectivity index (χ0n) is 16.7. The van der Waals surface area contributed by atoms with Crippen LogP contribution in [0, 0.1) is 0 Å². The van der Waals surface area contributed by atoms with Crippen molar-refractivity contribution < 1.29 is 27.5 Å². The van der Waals surface area contributed by atoms with Crippen molar-refractivity contribution in [1.82, 2.24) is 14.9 Å². The van der Waals surface area contributed by atoms with Crippen LogP contribution in [0.15, 0.2) is 53.4 Å². The van der Waals surface area contributed by atoms with Crippen molar-refractivity contribution in [3.05, 3.63) is 59.1 Å². The first-order chi connectivity index (χ1) is 14.8. The molecule has 11 heteroatoms. The van der Waals surface area contributed by atoms with Gasteiger partial charge in [0.15, 0.2) is 0 Å². The zero-order chi connectivity index (χ0) is 22.4. The number of halogens is 1. The summed E-state index contributed by atoms with van der Waals surface area (Å²) in [5.41, 5.74) is 0.779. The summed E-state index contributed by atoms with van der Waals surface area (Å²) in [5, 5.41) is 5.48. The van der Waals surface area contributed by atoms with Gasteiger partial charge in [0.1, 0.15) is 12.0 Å². The van der Waals surface area contributed by atoms with Gasteiger partial charge in [-0.25, -0.2) is 8.42 Å². The number of rotatable bonds is 7. The number of hydrogen-bond acceptors (Lipinski definition) is 6. The minimum atomic E-state index is -3.84. The van der Waals surface area contributed by atoms with Gasteiger partial charge in [0, 0.05) is 18.1 Å². The average Bonchev–Trinajstić information content (AvgIpc) is 3.26. The van der Waals surface area contributed by atoms with Gasteiger partial charge in [-0.2, -0.15) is 4.31 Å². The smallest absolute Gasteiger partial charge is 0.309 e. The van der Waals surface area contributed by atoms with Gasteiger partial charge >= 0.3 is 11.8 Å². The Labute approximate surface area is 185 Å². The van der Waals surface area contributed by atoms with Crippen LogP contribution in [0.1, 0.15) is 5.56 Å². The lowest BCUT2D eigenvalue weighted by Crippen LogP contribution is -2.47. The molecule has 1 fully saturated rings. The van der Waals surface area contributed by atoms with Crippen LogP contribution in [0.3, 0.4) is 0 Å². The molecule has 0 aromatic heterocycles. The Hall–Kier alpha value is -2.66. The van der Waals surface area contributed by atoms with E-state index < -0.39 is 28.1 Å². The number of hydrogen-bond donors (Lipinski definition) is 2. The van der Waals surface area contributed by atoms with Crippen molar-refractivity contribution in [2.75, 3.05) is 26.8 Å². The number of amides is 2. The van der Waals surface area contributed by atoms with E-state index in [1.54, 1.807) is 36.4 Å². The second-order valence-electron chi connectivity index (χ2n) is 6.64. The summed E-state index contributed by atoms with van der Waals surface area (Å²) in [7, 11) is -2.35. The van der Waals surface area contributed by atoms with Crippen LogP contribution < -0.4 is 15.4 Å². The molecule has 31 heavy (non-hydrogen) atoms. The summed E-state index contributed by atoms with van der Waals surface area (Å²) in [4.78, 5) is 24.2. The fourth-order valence-electron chi connectivity index (χ4n) is 2.95. The highest BCUT2D eigenvalue weighted by molar-refractivity contribution is 7.89. The van der Waals surface area contributed by atoms with Crippen LogP contribution in [-0.4, -0.2) is 57.6 Å². The number of benzene rings is 2. The van der Waals surface area contributed by atoms with E-state index in [2.05, 4.69) is 10.6 Å². The van der Waals surface area contributed by atoms with Gasteiger partial charge in [-0.1, -0.05) is 23.7 Å². The SMILES string of the molecule is COc1ccc(S(=O)(=O)N2CCOC2CNC(=O)C(=O)NCc2ccc(Cl)cc2)cc1. The molecule has 1 atom stereocenters. The predicted molar refractivity (Wildman–Crippen MR) is 113 cm³/mol. The number of methoxy groups -OCH3 is 1. The topological polar surface area (TPSA) is 114 Å². The van der Waals surface area contributed by atoms with Crippen LogP contribution in [0.25, 0.3) is 0 Å². The lowest BCUT2D eigenvalue weighted by atomic mass is 10.2. The Bertz CT molecular complexity index is 1030. The molecule has 9 nitrogen and oxygen atoms in total. The lowest BCUT2D eigenvalue weighted by Gasteiger charge is -2.23. The maximum atomic E-state index is 12.9. The zero-order valence-corrected chi connectivity index (χ0v) is 18.3. The number of nitrogens with one attached hydrogen (secondary N) is 2. The van der Waals surface area contributed by atoms with Gasteiger partial charge in [0.2, 0.25) is 10.0 Å². The van der Waals surface area contributed by atoms with Gasteiger partial charge in [-0.05, 0) is 42.0 Å². The number of nitrogens with zero attached hydrogens (tertiary/aromatic N) is 1. The Morgan fingerprint density at radius 1 is 1.10 bits per heavy atom. The molecule has 0 radical (unpaired) electrons. The molecule has 2 aromatic rings. The van der Waals surface area contributed by atoms with Crippen LogP contribution in [-0.2, 0) is 30.9 Å². The molecule has 1 unspecified atom stereocenters. The molecule has 0 spiro atoms. The van der Waals surface area contributed by atoms with Crippen molar-refractivity contribution in [2.45, 2.75) is 17.7 Å². The first kappa shape index (κ1) is 23.0. The lowest BCUT2D eigenvalue weighted by molar-refractivity contribution is -0.139. The summed E-state index contributed by atoms with van der Waals surface area (Å²) in [6.45, 7) is 0.306. The van der Waals surface area contributed by atoms with Crippen molar-refractivity contribution in [3.8, 4) is 5.75 Å². The van der Waals surface area contributed by atoms with Crippen molar-refractivity contribution in [2.24, 2.45) is 0 Å². The summed E-state index contributed by atoms with van der Waals surface area (Å²) >= 11 is 5.81. The van der Waals surface area contributed by atoms with E-state index >= 15 is 0 Å². The molecule has 1 saturated heterocycles. The standard InChI is InChI=1S/C20H22ClN3O6S/c1-29-16-6-8-17(9-7-16)31(27,28)24-10-11-30-18(24)13-23-20(26)19(25)22-12-14-2-4-15(21)5-3-14/h2-9,18H,10-13H2,1H3,(H,22,25)(H,23,26). The van der Waals surface area contributed by atoms with Crippen molar-refractivity contribution >= 4 is 33.4 Å². The van der Waals surface area contributed by atoms with Crippen LogP contribution in [0.5, 0.6) is 5.75 Å². The largest absolute Gasteiger partial charge is 0.497 e. The van der Waals surface area contributed by atoms with Crippen LogP contribution >= 0.6 is 11.6 Å². The quantitative estimate of drug-likeness (QED) is 0.590. The van der Waals surface area contributed by atoms with Crippen molar-refractivity contribution in [1.29, 1.82) is 0 Å². The highest BCUT2D eigenvalue weighted by atomic mass is 35.5. The molecule has 0 saturated carbocycles. The minimum Gasteiger partial charge on any atom is -0.497 e. The molecule has 3 rings (SSSR count). The third-order valence-corrected chi connectivity index (χ3v) is 6.77. The number of carbonyl (C=O) groups excluding carboxylic acids is 2. The normalized spacial score (nSPS) is 16.6. The van der Waals surface area contributed by atoms with E-state index in [1.165, 1.54) is 19.2 Å². The summed E-state index contributed by atoms with van der Waals surface area (Å²) in [6.07, 6.45) is -0.917. The summed E-state index contributed by atoms with van der Waals surface area (Å²) < 4.78 is 37.5. The second-order valence-corrected chi connectivity index (χ2v) is 8.96. The van der Waals surface area contributed by atoms with Gasteiger partial charge in [0.05, 0.1) is 25.2 Å².